The number of anilines is 1. The highest BCUT2D eigenvalue weighted by Crippen LogP contribution is 2.34. The molecule has 3 aromatic rings. The third-order valence-electron chi connectivity index (χ3n) is 5.98. The molecule has 1 aliphatic rings. The molecular formula is C23H29FN6. The van der Waals surface area contributed by atoms with E-state index in [1.54, 1.807) is 0 Å². The molecule has 1 aromatic carbocycles. The van der Waals surface area contributed by atoms with E-state index in [0.717, 1.165) is 49.3 Å². The van der Waals surface area contributed by atoms with Crippen LogP contribution in [0, 0.1) is 12.7 Å². The Labute approximate surface area is 177 Å². The number of aryl methyl sites for hydroxylation is 1. The van der Waals surface area contributed by atoms with Crippen molar-refractivity contribution in [1.29, 1.82) is 0 Å². The van der Waals surface area contributed by atoms with Crippen LogP contribution < -0.4 is 4.90 Å². The molecule has 30 heavy (non-hydrogen) atoms. The van der Waals surface area contributed by atoms with E-state index >= 15 is 0 Å². The molecule has 1 saturated heterocycles. The van der Waals surface area contributed by atoms with Gasteiger partial charge in [-0.25, -0.2) is 14.4 Å². The fourth-order valence-corrected chi connectivity index (χ4v) is 4.13. The fraction of sp³-hybridized carbons (Fsp3) is 0.435. The number of benzene rings is 1. The van der Waals surface area contributed by atoms with Crippen LogP contribution in [0.2, 0.25) is 0 Å². The summed E-state index contributed by atoms with van der Waals surface area (Å²) in [4.78, 5) is 13.9. The van der Waals surface area contributed by atoms with E-state index in [2.05, 4.69) is 21.9 Å². The number of rotatable bonds is 5. The molecule has 6 nitrogen and oxygen atoms in total. The van der Waals surface area contributed by atoms with Crippen LogP contribution in [-0.4, -0.2) is 51.8 Å². The van der Waals surface area contributed by atoms with Gasteiger partial charge in [0.15, 0.2) is 0 Å². The zero-order valence-electron chi connectivity index (χ0n) is 18.1. The van der Waals surface area contributed by atoms with Crippen LogP contribution in [0.4, 0.5) is 10.3 Å². The SMILES string of the molecule is Cc1c(CN2CCC[C@@H](c3nc(N(C)C)ncc3-c3ccc(F)cc3)C2)cnn1C. The first-order chi connectivity index (χ1) is 14.4. The third kappa shape index (κ3) is 4.21. The Morgan fingerprint density at radius 1 is 1.17 bits per heavy atom. The van der Waals surface area contributed by atoms with E-state index in [9.17, 15) is 4.39 Å². The summed E-state index contributed by atoms with van der Waals surface area (Å²) in [5.74, 6) is 0.774. The Hall–Kier alpha value is -2.80. The quantitative estimate of drug-likeness (QED) is 0.643. The summed E-state index contributed by atoms with van der Waals surface area (Å²) < 4.78 is 15.4. The van der Waals surface area contributed by atoms with Crippen molar-refractivity contribution < 1.29 is 4.39 Å². The molecule has 0 saturated carbocycles. The van der Waals surface area contributed by atoms with Crippen LogP contribution in [0.1, 0.15) is 35.7 Å². The maximum Gasteiger partial charge on any atom is 0.225 e. The first-order valence-electron chi connectivity index (χ1n) is 10.4. The van der Waals surface area contributed by atoms with Gasteiger partial charge in [-0.3, -0.25) is 9.58 Å². The molecule has 0 radical (unpaired) electrons. The van der Waals surface area contributed by atoms with Crippen LogP contribution in [0.25, 0.3) is 11.1 Å². The molecular weight excluding hydrogens is 379 g/mol. The lowest BCUT2D eigenvalue weighted by Crippen LogP contribution is -2.34. The molecule has 0 amide bonds. The molecule has 3 heterocycles. The van der Waals surface area contributed by atoms with Gasteiger partial charge in [0.25, 0.3) is 0 Å². The highest BCUT2D eigenvalue weighted by atomic mass is 19.1. The van der Waals surface area contributed by atoms with Gasteiger partial charge >= 0.3 is 0 Å². The van der Waals surface area contributed by atoms with Gasteiger partial charge in [0.1, 0.15) is 5.82 Å². The number of halogens is 1. The molecule has 158 valence electrons. The Morgan fingerprint density at radius 3 is 2.60 bits per heavy atom. The highest BCUT2D eigenvalue weighted by Gasteiger charge is 2.26. The molecule has 4 rings (SSSR count). The molecule has 1 aliphatic heterocycles. The fourth-order valence-electron chi connectivity index (χ4n) is 4.13. The van der Waals surface area contributed by atoms with E-state index in [-0.39, 0.29) is 5.82 Å². The predicted molar refractivity (Wildman–Crippen MR) is 117 cm³/mol. The monoisotopic (exact) mass is 408 g/mol. The Balaban J connectivity index is 1.64. The summed E-state index contributed by atoms with van der Waals surface area (Å²) in [7, 11) is 5.89. The first-order valence-corrected chi connectivity index (χ1v) is 10.4. The maximum atomic E-state index is 13.5. The highest BCUT2D eigenvalue weighted by molar-refractivity contribution is 5.66. The van der Waals surface area contributed by atoms with Crippen molar-refractivity contribution in [3.63, 3.8) is 0 Å². The molecule has 2 aromatic heterocycles. The number of nitrogens with zero attached hydrogens (tertiary/aromatic N) is 6. The largest absolute Gasteiger partial charge is 0.347 e. The van der Waals surface area contributed by atoms with Crippen LogP contribution in [0.5, 0.6) is 0 Å². The summed E-state index contributed by atoms with van der Waals surface area (Å²) in [6.45, 7) is 5.02. The standard InChI is InChI=1S/C23H29FN6/c1-16-19(12-26-29(16)4)15-30-11-5-6-18(14-30)22-21(13-25-23(27-22)28(2)3)17-7-9-20(24)10-8-17/h7-10,12-13,18H,5-6,11,14-15H2,1-4H3/t18-/m1/s1. The van der Waals surface area contributed by atoms with Gasteiger partial charge in [0, 0.05) is 63.2 Å². The second-order valence-corrected chi connectivity index (χ2v) is 8.32. The Bertz CT molecular complexity index is 1010. The van der Waals surface area contributed by atoms with Crippen LogP contribution >= 0.6 is 0 Å². The van der Waals surface area contributed by atoms with E-state index < -0.39 is 0 Å². The van der Waals surface area contributed by atoms with Crippen molar-refractivity contribution in [2.45, 2.75) is 32.2 Å². The predicted octanol–water partition coefficient (Wildman–Crippen LogP) is 3.77. The zero-order chi connectivity index (χ0) is 21.3. The number of piperidine rings is 1. The van der Waals surface area contributed by atoms with Crippen LogP contribution in [0.3, 0.4) is 0 Å². The van der Waals surface area contributed by atoms with Gasteiger partial charge in [-0.1, -0.05) is 12.1 Å². The van der Waals surface area contributed by atoms with E-state index in [0.29, 0.717) is 11.9 Å². The summed E-state index contributed by atoms with van der Waals surface area (Å²) in [5.41, 5.74) is 5.48. The van der Waals surface area contributed by atoms with E-state index in [1.807, 2.05) is 55.3 Å². The second kappa shape index (κ2) is 8.52. The molecule has 0 spiro atoms. The molecule has 0 N–H and O–H groups in total. The lowest BCUT2D eigenvalue weighted by atomic mass is 9.89. The number of hydrogen-bond donors (Lipinski definition) is 0. The van der Waals surface area contributed by atoms with Gasteiger partial charge in [-0.2, -0.15) is 5.10 Å². The smallest absolute Gasteiger partial charge is 0.225 e. The molecule has 0 bridgehead atoms. The average Bonchev–Trinajstić information content (AvgIpc) is 3.06. The van der Waals surface area contributed by atoms with Crippen molar-refractivity contribution in [2.24, 2.45) is 7.05 Å². The number of hydrogen-bond acceptors (Lipinski definition) is 5. The van der Waals surface area contributed by atoms with Crippen molar-refractivity contribution in [2.75, 3.05) is 32.1 Å². The Morgan fingerprint density at radius 2 is 1.93 bits per heavy atom. The minimum Gasteiger partial charge on any atom is -0.347 e. The van der Waals surface area contributed by atoms with Gasteiger partial charge < -0.3 is 4.90 Å². The van der Waals surface area contributed by atoms with Gasteiger partial charge in [-0.15, -0.1) is 0 Å². The third-order valence-corrected chi connectivity index (χ3v) is 5.98. The van der Waals surface area contributed by atoms with Crippen LogP contribution in [0.15, 0.2) is 36.7 Å². The summed E-state index contributed by atoms with van der Waals surface area (Å²) >= 11 is 0. The molecule has 0 aliphatic carbocycles. The normalized spacial score (nSPS) is 17.3. The molecule has 1 atom stereocenters. The molecule has 0 unspecified atom stereocenters. The summed E-state index contributed by atoms with van der Waals surface area (Å²) in [6, 6.07) is 6.62. The minimum absolute atomic E-state index is 0.234. The number of likely N-dealkylation sites (tertiary alicyclic amines) is 1. The van der Waals surface area contributed by atoms with E-state index in [1.165, 1.54) is 23.4 Å². The first kappa shape index (κ1) is 20.5. The van der Waals surface area contributed by atoms with Crippen molar-refractivity contribution in [3.05, 3.63) is 59.4 Å². The van der Waals surface area contributed by atoms with E-state index in [4.69, 9.17) is 4.98 Å². The van der Waals surface area contributed by atoms with Gasteiger partial charge in [0.05, 0.1) is 11.9 Å². The lowest BCUT2D eigenvalue weighted by molar-refractivity contribution is 0.198. The summed E-state index contributed by atoms with van der Waals surface area (Å²) in [6.07, 6.45) is 6.06. The van der Waals surface area contributed by atoms with Crippen molar-refractivity contribution in [3.8, 4) is 11.1 Å². The average molecular weight is 409 g/mol. The van der Waals surface area contributed by atoms with Crippen LogP contribution in [-0.2, 0) is 13.6 Å². The van der Waals surface area contributed by atoms with Gasteiger partial charge in [0.2, 0.25) is 5.95 Å². The minimum atomic E-state index is -0.234. The molecule has 1 fully saturated rings. The zero-order valence-corrected chi connectivity index (χ0v) is 18.1. The van der Waals surface area contributed by atoms with Crippen molar-refractivity contribution in [1.82, 2.24) is 24.6 Å². The van der Waals surface area contributed by atoms with Crippen molar-refractivity contribution >= 4 is 5.95 Å². The topological polar surface area (TPSA) is 50.1 Å². The lowest BCUT2D eigenvalue weighted by Gasteiger charge is -2.33. The second-order valence-electron chi connectivity index (χ2n) is 8.32. The maximum absolute atomic E-state index is 13.5. The molecule has 7 heteroatoms. The Kier molecular flexibility index (Phi) is 5.81. The number of aromatic nitrogens is 4. The summed E-state index contributed by atoms with van der Waals surface area (Å²) in [5, 5.41) is 4.38. The van der Waals surface area contributed by atoms with Gasteiger partial charge in [-0.05, 0) is 44.0 Å².